The van der Waals surface area contributed by atoms with Gasteiger partial charge in [-0.3, -0.25) is 4.98 Å². The molecule has 2 heterocycles. The topological polar surface area (TPSA) is 51.6 Å². The normalized spacial score (nSPS) is 24.0. The molecule has 1 aromatic carbocycles. The Kier molecular flexibility index (Phi) is 7.30. The molecule has 2 aliphatic carbocycles. The van der Waals surface area contributed by atoms with E-state index in [4.69, 9.17) is 14.1 Å². The molecule has 3 aliphatic rings. The molecule has 4 nitrogen and oxygen atoms in total. The molecule has 0 radical (unpaired) electrons. The maximum atomic E-state index is 10.6. The number of hydrogen-bond acceptors (Lipinski definition) is 4. The van der Waals surface area contributed by atoms with E-state index in [0.29, 0.717) is 5.92 Å². The van der Waals surface area contributed by atoms with Gasteiger partial charge in [0.05, 0.1) is 17.3 Å². The van der Waals surface area contributed by atoms with Crippen molar-refractivity contribution in [2.75, 3.05) is 0 Å². The van der Waals surface area contributed by atoms with Crippen LogP contribution < -0.4 is 0 Å². The van der Waals surface area contributed by atoms with E-state index in [9.17, 15) is 5.11 Å². The molecule has 2 aromatic rings. The van der Waals surface area contributed by atoms with E-state index in [1.807, 2.05) is 13.8 Å². The van der Waals surface area contributed by atoms with Crippen LogP contribution in [0, 0.1) is 5.41 Å². The summed E-state index contributed by atoms with van der Waals surface area (Å²) in [6, 6.07) is 8.44. The highest BCUT2D eigenvalue weighted by molar-refractivity contribution is 6.74. The van der Waals surface area contributed by atoms with E-state index in [-0.39, 0.29) is 28.3 Å². The van der Waals surface area contributed by atoms with E-state index in [1.54, 1.807) is 0 Å². The van der Waals surface area contributed by atoms with E-state index >= 15 is 0 Å². The number of benzene rings is 1. The fourth-order valence-electron chi connectivity index (χ4n) is 7.08. The lowest BCUT2D eigenvalue weighted by molar-refractivity contribution is -0.0579. The van der Waals surface area contributed by atoms with Gasteiger partial charge in [0, 0.05) is 22.5 Å². The Morgan fingerprint density at radius 1 is 1.00 bits per heavy atom. The van der Waals surface area contributed by atoms with Crippen LogP contribution in [0.3, 0.4) is 0 Å². The highest BCUT2D eigenvalue weighted by Crippen LogP contribution is 2.60. The molecule has 1 aliphatic heterocycles. The summed E-state index contributed by atoms with van der Waals surface area (Å²) in [6.45, 7) is 24.8. The summed E-state index contributed by atoms with van der Waals surface area (Å²) in [5.74, 6) is 0.294. The van der Waals surface area contributed by atoms with Crippen molar-refractivity contribution >= 4 is 8.32 Å². The van der Waals surface area contributed by atoms with E-state index in [0.717, 1.165) is 36.8 Å². The Labute approximate surface area is 244 Å². The van der Waals surface area contributed by atoms with Crippen molar-refractivity contribution in [1.29, 1.82) is 0 Å². The number of hydrogen-bond donors (Lipinski definition) is 1. The zero-order chi connectivity index (χ0) is 29.5. The van der Waals surface area contributed by atoms with Gasteiger partial charge in [-0.25, -0.2) is 0 Å². The zero-order valence-electron chi connectivity index (χ0n) is 27.0. The summed E-state index contributed by atoms with van der Waals surface area (Å²) >= 11 is 0. The number of aliphatic hydroxyl groups is 1. The van der Waals surface area contributed by atoms with Gasteiger partial charge in [0.1, 0.15) is 6.10 Å². The molecule has 1 aromatic heterocycles. The van der Waals surface area contributed by atoms with Crippen molar-refractivity contribution in [2.45, 2.75) is 148 Å². The quantitative estimate of drug-likeness (QED) is 0.368. The summed E-state index contributed by atoms with van der Waals surface area (Å²) < 4.78 is 14.6. The van der Waals surface area contributed by atoms with Gasteiger partial charge in [-0.15, -0.1) is 0 Å². The Bertz CT molecular complexity index is 1260. The lowest BCUT2D eigenvalue weighted by atomic mass is 9.70. The van der Waals surface area contributed by atoms with Gasteiger partial charge in [0.25, 0.3) is 0 Å². The summed E-state index contributed by atoms with van der Waals surface area (Å²) in [7, 11) is -2.04. The van der Waals surface area contributed by atoms with Crippen LogP contribution in [0.4, 0.5) is 0 Å². The highest BCUT2D eigenvalue weighted by Gasteiger charge is 2.54. The molecular formula is C35H53NO3Si. The van der Waals surface area contributed by atoms with Crippen LogP contribution >= 0.6 is 0 Å². The number of pyridine rings is 1. The summed E-state index contributed by atoms with van der Waals surface area (Å²) in [5, 5.41) is 10.7. The highest BCUT2D eigenvalue weighted by atomic mass is 28.4. The van der Waals surface area contributed by atoms with Crippen LogP contribution in [-0.4, -0.2) is 18.4 Å². The molecule has 0 bridgehead atoms. The Hall–Kier alpha value is -1.53. The lowest BCUT2D eigenvalue weighted by Gasteiger charge is -2.45. The van der Waals surface area contributed by atoms with Gasteiger partial charge in [-0.2, -0.15) is 0 Å². The van der Waals surface area contributed by atoms with Gasteiger partial charge in [-0.1, -0.05) is 85.6 Å². The van der Waals surface area contributed by atoms with Crippen molar-refractivity contribution in [3.63, 3.8) is 0 Å². The number of rotatable bonds is 5. The third-order valence-electron chi connectivity index (χ3n) is 10.3. The first kappa shape index (κ1) is 29.9. The van der Waals surface area contributed by atoms with Crippen LogP contribution in [0.15, 0.2) is 24.3 Å². The molecule has 220 valence electrons. The third-order valence-corrected chi connectivity index (χ3v) is 14.8. The summed E-state index contributed by atoms with van der Waals surface area (Å²) in [4.78, 5) is 5.53. The Morgan fingerprint density at radius 3 is 2.12 bits per heavy atom. The molecule has 1 saturated carbocycles. The van der Waals surface area contributed by atoms with E-state index in [2.05, 4.69) is 85.8 Å². The zero-order valence-corrected chi connectivity index (χ0v) is 28.0. The predicted octanol–water partition coefficient (Wildman–Crippen LogP) is 9.36. The Balaban J connectivity index is 1.75. The molecule has 40 heavy (non-hydrogen) atoms. The van der Waals surface area contributed by atoms with Crippen molar-refractivity contribution in [2.24, 2.45) is 5.41 Å². The fourth-order valence-corrected chi connectivity index (χ4v) is 8.35. The maximum absolute atomic E-state index is 10.6. The molecule has 1 N–H and O–H groups in total. The minimum Gasteiger partial charge on any atom is -0.410 e. The molecule has 5 heteroatoms. The van der Waals surface area contributed by atoms with E-state index < -0.39 is 13.9 Å². The van der Waals surface area contributed by atoms with Crippen LogP contribution in [0.1, 0.15) is 152 Å². The van der Waals surface area contributed by atoms with Crippen LogP contribution in [0.2, 0.25) is 18.1 Å². The summed E-state index contributed by atoms with van der Waals surface area (Å²) in [5.41, 5.74) is 7.58. The second kappa shape index (κ2) is 9.76. The van der Waals surface area contributed by atoms with Crippen LogP contribution in [0.25, 0.3) is 0 Å². The van der Waals surface area contributed by atoms with Crippen molar-refractivity contribution < 1.29 is 14.3 Å². The molecule has 5 rings (SSSR count). The molecule has 0 amide bonds. The Morgan fingerprint density at radius 2 is 1.60 bits per heavy atom. The van der Waals surface area contributed by atoms with E-state index in [1.165, 1.54) is 40.9 Å². The van der Waals surface area contributed by atoms with Gasteiger partial charge < -0.3 is 14.3 Å². The molecule has 1 spiro atoms. The van der Waals surface area contributed by atoms with Crippen LogP contribution in [0.5, 0.6) is 0 Å². The SMILES string of the molecule is CC(C)c1nc2c(c3c1[C@@H](c1ccc(C(C)(C)O)cc1)OC31CCCC1)C(O[Si](C)(C)C(C)(C)C)CC(C)(C)C2. The smallest absolute Gasteiger partial charge is 0.192 e. The average Bonchev–Trinajstić information content (AvgIpc) is 3.41. The maximum Gasteiger partial charge on any atom is 0.192 e. The van der Waals surface area contributed by atoms with Crippen molar-refractivity contribution in [3.8, 4) is 0 Å². The van der Waals surface area contributed by atoms with Crippen molar-refractivity contribution in [3.05, 3.63) is 63.5 Å². The first-order valence-electron chi connectivity index (χ1n) is 15.6. The molecular weight excluding hydrogens is 510 g/mol. The molecule has 1 unspecified atom stereocenters. The predicted molar refractivity (Wildman–Crippen MR) is 166 cm³/mol. The molecule has 0 saturated heterocycles. The second-order valence-corrected chi connectivity index (χ2v) is 20.8. The lowest BCUT2D eigenvalue weighted by Crippen LogP contribution is -2.44. The number of ether oxygens (including phenoxy) is 1. The number of aromatic nitrogens is 1. The minimum absolute atomic E-state index is 0.0412. The van der Waals surface area contributed by atoms with Gasteiger partial charge in [0.2, 0.25) is 0 Å². The largest absolute Gasteiger partial charge is 0.410 e. The monoisotopic (exact) mass is 563 g/mol. The van der Waals surface area contributed by atoms with Crippen molar-refractivity contribution in [1.82, 2.24) is 4.98 Å². The molecule has 2 atom stereocenters. The average molecular weight is 564 g/mol. The van der Waals surface area contributed by atoms with Crippen LogP contribution in [-0.2, 0) is 26.8 Å². The third kappa shape index (κ3) is 5.14. The number of fused-ring (bicyclic) bond motifs is 4. The first-order valence-corrected chi connectivity index (χ1v) is 18.5. The fraction of sp³-hybridized carbons (Fsp3) is 0.686. The van der Waals surface area contributed by atoms with Gasteiger partial charge >= 0.3 is 0 Å². The second-order valence-electron chi connectivity index (χ2n) is 16.1. The first-order chi connectivity index (χ1) is 18.4. The van der Waals surface area contributed by atoms with Gasteiger partial charge in [-0.05, 0) is 85.7 Å². The number of nitrogens with zero attached hydrogens (tertiary/aromatic N) is 1. The summed E-state index contributed by atoms with van der Waals surface area (Å²) in [6.07, 6.45) is 6.39. The van der Waals surface area contributed by atoms with Gasteiger partial charge in [0.15, 0.2) is 8.32 Å². The molecule has 1 fully saturated rings. The standard InChI is InChI=1S/C35H53NO3Si/c1-22(2)30-28-29(27-25(36-30)20-33(6,7)21-26(27)39-40(10,11)32(3,4)5)35(18-12-13-19-35)38-31(28)23-14-16-24(17-15-23)34(8,9)37/h14-17,22,26,31,37H,12-13,18-21H2,1-11H3/t26?,31-/m1/s1. The minimum atomic E-state index is -2.04.